The first-order chi connectivity index (χ1) is 16.3. The number of carbonyl (C=O) groups is 2. The number of aromatic nitrogens is 4. The van der Waals surface area contributed by atoms with Crippen LogP contribution in [0.25, 0.3) is 22.6 Å². The highest BCUT2D eigenvalue weighted by Gasteiger charge is 2.27. The van der Waals surface area contributed by atoms with E-state index in [1.165, 1.54) is 4.57 Å². The van der Waals surface area contributed by atoms with Gasteiger partial charge in [-0.1, -0.05) is 38.1 Å². The molecule has 2 N–H and O–H groups in total. The van der Waals surface area contributed by atoms with Crippen molar-refractivity contribution in [3.63, 3.8) is 0 Å². The second-order valence-corrected chi connectivity index (χ2v) is 8.63. The van der Waals surface area contributed by atoms with E-state index in [9.17, 15) is 14.4 Å². The van der Waals surface area contributed by atoms with Crippen LogP contribution in [0.5, 0.6) is 0 Å². The number of hydrogen-bond acceptors (Lipinski definition) is 7. The molecular formula is C24H29N5O5. The number of hydrogen-bond donors (Lipinski definition) is 1. The van der Waals surface area contributed by atoms with Gasteiger partial charge in [0, 0.05) is 12.2 Å². The van der Waals surface area contributed by atoms with Crippen LogP contribution in [0.4, 0.5) is 0 Å². The van der Waals surface area contributed by atoms with E-state index in [-0.39, 0.29) is 48.5 Å². The molecule has 1 atom stereocenters. The fourth-order valence-electron chi connectivity index (χ4n) is 4.17. The average molecular weight is 468 g/mol. The van der Waals surface area contributed by atoms with Crippen LogP contribution in [0.3, 0.4) is 0 Å². The molecule has 0 saturated carbocycles. The van der Waals surface area contributed by atoms with Crippen LogP contribution in [0.15, 0.2) is 29.1 Å². The zero-order valence-corrected chi connectivity index (χ0v) is 19.6. The summed E-state index contributed by atoms with van der Waals surface area (Å²) in [7, 11) is 0. The summed E-state index contributed by atoms with van der Waals surface area (Å²) in [6.45, 7) is 6.52. The van der Waals surface area contributed by atoms with Crippen molar-refractivity contribution >= 4 is 23.0 Å². The van der Waals surface area contributed by atoms with Gasteiger partial charge in [-0.2, -0.15) is 0 Å². The monoisotopic (exact) mass is 467 g/mol. The lowest BCUT2D eigenvalue weighted by atomic mass is 10.0. The third-order valence-electron chi connectivity index (χ3n) is 5.92. The van der Waals surface area contributed by atoms with Crippen LogP contribution < -0.4 is 11.4 Å². The van der Waals surface area contributed by atoms with Gasteiger partial charge in [0.15, 0.2) is 17.2 Å². The van der Waals surface area contributed by atoms with Crippen molar-refractivity contribution in [3.05, 3.63) is 46.0 Å². The Balaban J connectivity index is 1.92. The molecule has 0 spiro atoms. The molecule has 3 heterocycles. The minimum atomic E-state index is -0.820. The molecule has 3 aromatic rings. The van der Waals surface area contributed by atoms with Gasteiger partial charge in [-0.3, -0.25) is 18.7 Å². The van der Waals surface area contributed by atoms with Crippen molar-refractivity contribution in [3.8, 4) is 11.4 Å². The Morgan fingerprint density at radius 2 is 1.94 bits per heavy atom. The van der Waals surface area contributed by atoms with Crippen LogP contribution in [-0.2, 0) is 27.4 Å². The van der Waals surface area contributed by atoms with Crippen molar-refractivity contribution < 1.29 is 19.1 Å². The zero-order chi connectivity index (χ0) is 24.4. The minimum Gasteiger partial charge on any atom is -0.465 e. The first-order valence-electron chi connectivity index (χ1n) is 11.5. The van der Waals surface area contributed by atoms with Crippen LogP contribution in [0, 0.1) is 0 Å². The number of imidazole rings is 1. The van der Waals surface area contributed by atoms with Crippen molar-refractivity contribution in [2.24, 2.45) is 5.73 Å². The largest absolute Gasteiger partial charge is 0.465 e. The second-order valence-electron chi connectivity index (χ2n) is 8.63. The number of amides is 1. The molecule has 1 fully saturated rings. The van der Waals surface area contributed by atoms with Crippen molar-refractivity contribution in [2.45, 2.75) is 58.7 Å². The zero-order valence-electron chi connectivity index (χ0n) is 19.6. The highest BCUT2D eigenvalue weighted by atomic mass is 16.5. The number of nitrogens with two attached hydrogens (primary N) is 1. The molecule has 1 amide bonds. The van der Waals surface area contributed by atoms with Gasteiger partial charge >= 0.3 is 11.7 Å². The Kier molecular flexibility index (Phi) is 6.78. The smallest absolute Gasteiger partial charge is 0.331 e. The molecule has 34 heavy (non-hydrogen) atoms. The number of esters is 1. The molecular weight excluding hydrogens is 438 g/mol. The van der Waals surface area contributed by atoms with Crippen molar-refractivity contribution in [1.29, 1.82) is 0 Å². The molecule has 0 aliphatic carbocycles. The highest BCUT2D eigenvalue weighted by Crippen LogP contribution is 2.25. The number of ether oxygens (including phenoxy) is 2. The van der Waals surface area contributed by atoms with Gasteiger partial charge in [0.2, 0.25) is 0 Å². The Bertz CT molecular complexity index is 1270. The Morgan fingerprint density at radius 3 is 2.53 bits per heavy atom. The quantitative estimate of drug-likeness (QED) is 0.503. The maximum absolute atomic E-state index is 13.4. The molecule has 1 aliphatic heterocycles. The summed E-state index contributed by atoms with van der Waals surface area (Å²) in [6.07, 6.45) is 1.53. The fraction of sp³-hybridized carbons (Fsp3) is 0.458. The SMILES string of the molecule is CCOC(=O)Cn1c(=O)n(CC2CCCO2)c2nc(-c3ccc(C(C)C)cc3)nc(C(N)=O)c21. The van der Waals surface area contributed by atoms with E-state index < -0.39 is 17.6 Å². The van der Waals surface area contributed by atoms with Gasteiger partial charge in [-0.15, -0.1) is 0 Å². The van der Waals surface area contributed by atoms with Gasteiger partial charge in [-0.05, 0) is 31.2 Å². The summed E-state index contributed by atoms with van der Waals surface area (Å²) in [6, 6.07) is 7.70. The molecule has 1 aromatic carbocycles. The van der Waals surface area contributed by atoms with E-state index in [0.717, 1.165) is 23.0 Å². The molecule has 2 aromatic heterocycles. The van der Waals surface area contributed by atoms with Gasteiger partial charge in [0.25, 0.3) is 5.91 Å². The van der Waals surface area contributed by atoms with Crippen LogP contribution in [0.1, 0.15) is 55.6 Å². The molecule has 0 bridgehead atoms. The number of rotatable bonds is 8. The highest BCUT2D eigenvalue weighted by molar-refractivity contribution is 6.02. The molecule has 10 nitrogen and oxygen atoms in total. The van der Waals surface area contributed by atoms with Crippen molar-refractivity contribution in [1.82, 2.24) is 19.1 Å². The molecule has 1 saturated heterocycles. The Hall–Kier alpha value is -3.53. The first-order valence-corrected chi connectivity index (χ1v) is 11.5. The normalized spacial score (nSPS) is 15.8. The van der Waals surface area contributed by atoms with Crippen LogP contribution in [-0.4, -0.2) is 50.3 Å². The summed E-state index contributed by atoms with van der Waals surface area (Å²) in [4.78, 5) is 47.1. The van der Waals surface area contributed by atoms with Crippen LogP contribution in [0.2, 0.25) is 0 Å². The summed E-state index contributed by atoms with van der Waals surface area (Å²) in [5.41, 5.74) is 7.24. The number of primary amides is 1. The van der Waals surface area contributed by atoms with E-state index >= 15 is 0 Å². The van der Waals surface area contributed by atoms with E-state index in [1.807, 2.05) is 24.3 Å². The van der Waals surface area contributed by atoms with Gasteiger partial charge in [-0.25, -0.2) is 14.8 Å². The summed E-state index contributed by atoms with van der Waals surface area (Å²) in [5, 5.41) is 0. The lowest BCUT2D eigenvalue weighted by Crippen LogP contribution is -2.31. The predicted molar refractivity (Wildman–Crippen MR) is 125 cm³/mol. The lowest BCUT2D eigenvalue weighted by Gasteiger charge is -2.11. The third kappa shape index (κ3) is 4.58. The topological polar surface area (TPSA) is 131 Å². The standard InChI is InChI=1S/C24H29N5O5/c1-4-33-18(30)13-28-20-19(21(25)31)26-22(16-9-7-15(8-10-16)14(2)3)27-23(20)29(24(28)32)12-17-6-5-11-34-17/h7-10,14,17H,4-6,11-13H2,1-3H3,(H2,25,31). The van der Waals surface area contributed by atoms with Gasteiger partial charge < -0.3 is 15.2 Å². The first kappa shape index (κ1) is 23.6. The van der Waals surface area contributed by atoms with Gasteiger partial charge in [0.1, 0.15) is 12.1 Å². The molecule has 4 rings (SSSR count). The molecule has 0 radical (unpaired) electrons. The maximum Gasteiger partial charge on any atom is 0.331 e. The maximum atomic E-state index is 13.4. The Labute approximate surface area is 196 Å². The average Bonchev–Trinajstić information content (AvgIpc) is 3.41. The molecule has 1 aliphatic rings. The summed E-state index contributed by atoms with van der Waals surface area (Å²) < 4.78 is 13.3. The van der Waals surface area contributed by atoms with E-state index in [0.29, 0.717) is 18.1 Å². The van der Waals surface area contributed by atoms with Crippen molar-refractivity contribution in [2.75, 3.05) is 13.2 Å². The van der Waals surface area contributed by atoms with Crippen LogP contribution >= 0.6 is 0 Å². The summed E-state index contributed by atoms with van der Waals surface area (Å²) >= 11 is 0. The molecule has 1 unspecified atom stereocenters. The Morgan fingerprint density at radius 1 is 1.21 bits per heavy atom. The van der Waals surface area contributed by atoms with E-state index in [4.69, 9.17) is 15.2 Å². The second kappa shape index (κ2) is 9.76. The number of carbonyl (C=O) groups excluding carboxylic acids is 2. The molecule has 180 valence electrons. The van der Waals surface area contributed by atoms with E-state index in [2.05, 4.69) is 23.8 Å². The minimum absolute atomic E-state index is 0.117. The van der Waals surface area contributed by atoms with Gasteiger partial charge in [0.05, 0.1) is 19.3 Å². The number of fused-ring (bicyclic) bond motifs is 1. The third-order valence-corrected chi connectivity index (χ3v) is 5.92. The fourth-order valence-corrected chi connectivity index (χ4v) is 4.17. The summed E-state index contributed by atoms with van der Waals surface area (Å²) in [5.74, 6) is -0.804. The lowest BCUT2D eigenvalue weighted by molar-refractivity contribution is -0.143. The molecule has 10 heteroatoms. The number of nitrogens with zero attached hydrogens (tertiary/aromatic N) is 4. The van der Waals surface area contributed by atoms with E-state index in [1.54, 1.807) is 6.92 Å². The predicted octanol–water partition coefficient (Wildman–Crippen LogP) is 2.22. The number of benzene rings is 1.